The van der Waals surface area contributed by atoms with E-state index in [-0.39, 0.29) is 5.92 Å². The Hall–Kier alpha value is -1.32. The number of aliphatic carboxylic acids is 1. The Balaban J connectivity index is 2.08. The highest BCUT2D eigenvalue weighted by molar-refractivity contribution is 5.69. The van der Waals surface area contributed by atoms with Gasteiger partial charge in [0.25, 0.3) is 0 Å². The van der Waals surface area contributed by atoms with E-state index in [1.54, 1.807) is 13.1 Å². The van der Waals surface area contributed by atoms with Gasteiger partial charge >= 0.3 is 5.97 Å². The molecule has 1 heterocycles. The van der Waals surface area contributed by atoms with Crippen LogP contribution in [0.15, 0.2) is 10.7 Å². The molecule has 0 saturated heterocycles. The highest BCUT2D eigenvalue weighted by Crippen LogP contribution is 2.41. The van der Waals surface area contributed by atoms with E-state index in [9.17, 15) is 4.79 Å². The van der Waals surface area contributed by atoms with Gasteiger partial charge in [0.05, 0.1) is 12.1 Å². The molecule has 1 aliphatic carbocycles. The van der Waals surface area contributed by atoms with Crippen molar-refractivity contribution >= 4 is 5.97 Å². The van der Waals surface area contributed by atoms with Crippen LogP contribution in [0, 0.1) is 5.92 Å². The summed E-state index contributed by atoms with van der Waals surface area (Å²) in [5.41, 5.74) is 0.961. The Labute approximate surface area is 81.9 Å². The van der Waals surface area contributed by atoms with Gasteiger partial charge in [-0.05, 0) is 19.3 Å². The Kier molecular flexibility index (Phi) is 2.27. The minimum Gasteiger partial charge on any atom is -0.481 e. The molecule has 1 unspecified atom stereocenters. The molecule has 76 valence electrons. The summed E-state index contributed by atoms with van der Waals surface area (Å²) in [5, 5.41) is 12.5. The monoisotopic (exact) mass is 195 g/mol. The van der Waals surface area contributed by atoms with Gasteiger partial charge in [0.1, 0.15) is 5.76 Å². The van der Waals surface area contributed by atoms with Gasteiger partial charge in [0, 0.05) is 11.5 Å². The van der Waals surface area contributed by atoms with Crippen LogP contribution in [-0.4, -0.2) is 16.2 Å². The molecule has 1 saturated carbocycles. The Morgan fingerprint density at radius 2 is 2.50 bits per heavy atom. The van der Waals surface area contributed by atoms with Gasteiger partial charge in [-0.1, -0.05) is 12.1 Å². The summed E-state index contributed by atoms with van der Waals surface area (Å²) < 4.78 is 5.13. The molecule has 0 aliphatic heterocycles. The molecule has 1 atom stereocenters. The molecular formula is C10H13NO3. The van der Waals surface area contributed by atoms with Crippen LogP contribution in [0.5, 0.6) is 0 Å². The molecule has 14 heavy (non-hydrogen) atoms. The molecule has 0 spiro atoms. The van der Waals surface area contributed by atoms with Gasteiger partial charge in [-0.25, -0.2) is 0 Å². The number of nitrogens with zero attached hydrogens (tertiary/aromatic N) is 1. The number of carboxylic acids is 1. The number of hydrogen-bond acceptors (Lipinski definition) is 3. The summed E-state index contributed by atoms with van der Waals surface area (Å²) >= 11 is 0. The maximum atomic E-state index is 10.7. The number of rotatable bonds is 4. The van der Waals surface area contributed by atoms with Crippen LogP contribution >= 0.6 is 0 Å². The number of carbonyl (C=O) groups is 1. The SMILES string of the molecule is CC(Cc1cnoc1C1CC1)C(=O)O. The van der Waals surface area contributed by atoms with Crippen molar-refractivity contribution in [1.82, 2.24) is 5.16 Å². The molecule has 1 aromatic rings. The lowest BCUT2D eigenvalue weighted by molar-refractivity contribution is -0.141. The van der Waals surface area contributed by atoms with E-state index >= 15 is 0 Å². The van der Waals surface area contributed by atoms with Crippen molar-refractivity contribution in [2.45, 2.75) is 32.1 Å². The Bertz CT molecular complexity index is 341. The summed E-state index contributed by atoms with van der Waals surface area (Å²) in [5.74, 6) is 0.256. The Morgan fingerprint density at radius 3 is 3.07 bits per heavy atom. The molecule has 0 bridgehead atoms. The maximum Gasteiger partial charge on any atom is 0.306 e. The molecule has 0 amide bonds. The van der Waals surface area contributed by atoms with Gasteiger partial charge in [-0.3, -0.25) is 4.79 Å². The quantitative estimate of drug-likeness (QED) is 0.795. The maximum absolute atomic E-state index is 10.7. The van der Waals surface area contributed by atoms with Crippen molar-refractivity contribution < 1.29 is 14.4 Å². The van der Waals surface area contributed by atoms with Crippen molar-refractivity contribution in [3.8, 4) is 0 Å². The van der Waals surface area contributed by atoms with Crippen molar-refractivity contribution in [3.63, 3.8) is 0 Å². The van der Waals surface area contributed by atoms with E-state index in [2.05, 4.69) is 5.16 Å². The van der Waals surface area contributed by atoms with E-state index < -0.39 is 5.97 Å². The number of aromatic nitrogens is 1. The minimum atomic E-state index is -0.770. The molecule has 0 radical (unpaired) electrons. The van der Waals surface area contributed by atoms with E-state index in [4.69, 9.17) is 9.63 Å². The van der Waals surface area contributed by atoms with E-state index in [1.165, 1.54) is 0 Å². The molecular weight excluding hydrogens is 182 g/mol. The van der Waals surface area contributed by atoms with Crippen LogP contribution in [0.1, 0.15) is 37.0 Å². The van der Waals surface area contributed by atoms with Gasteiger partial charge in [-0.15, -0.1) is 0 Å². The fraction of sp³-hybridized carbons (Fsp3) is 0.600. The molecule has 4 nitrogen and oxygen atoms in total. The first-order chi connectivity index (χ1) is 6.68. The van der Waals surface area contributed by atoms with Crippen LogP contribution in [0.25, 0.3) is 0 Å². The summed E-state index contributed by atoms with van der Waals surface area (Å²) in [7, 11) is 0. The third kappa shape index (κ3) is 1.78. The van der Waals surface area contributed by atoms with Crippen molar-refractivity contribution in [1.29, 1.82) is 0 Å². The fourth-order valence-corrected chi connectivity index (χ4v) is 1.52. The van der Waals surface area contributed by atoms with Crippen molar-refractivity contribution in [3.05, 3.63) is 17.5 Å². The molecule has 1 fully saturated rings. The third-order valence-electron chi connectivity index (χ3n) is 2.57. The lowest BCUT2D eigenvalue weighted by Gasteiger charge is -2.04. The van der Waals surface area contributed by atoms with Crippen molar-refractivity contribution in [2.75, 3.05) is 0 Å². The average Bonchev–Trinajstić information content (AvgIpc) is 2.88. The molecule has 1 aromatic heterocycles. The molecule has 0 aromatic carbocycles. The smallest absolute Gasteiger partial charge is 0.306 e. The summed E-state index contributed by atoms with van der Waals surface area (Å²) in [4.78, 5) is 10.7. The topological polar surface area (TPSA) is 63.3 Å². The largest absolute Gasteiger partial charge is 0.481 e. The first-order valence-electron chi connectivity index (χ1n) is 4.84. The second kappa shape index (κ2) is 3.44. The molecule has 4 heteroatoms. The van der Waals surface area contributed by atoms with Gasteiger partial charge in [0.2, 0.25) is 0 Å². The number of hydrogen-bond donors (Lipinski definition) is 1. The van der Waals surface area contributed by atoms with E-state index in [0.717, 1.165) is 24.2 Å². The second-order valence-electron chi connectivity index (χ2n) is 3.93. The van der Waals surface area contributed by atoms with Crippen LogP contribution in [0.2, 0.25) is 0 Å². The molecule has 1 aliphatic rings. The van der Waals surface area contributed by atoms with Crippen LogP contribution in [-0.2, 0) is 11.2 Å². The van der Waals surface area contributed by atoms with Gasteiger partial charge in [0.15, 0.2) is 0 Å². The highest BCUT2D eigenvalue weighted by Gasteiger charge is 2.30. The standard InChI is InChI=1S/C10H13NO3/c1-6(10(12)13)4-8-5-11-14-9(8)7-2-3-7/h5-7H,2-4H2,1H3,(H,12,13). The summed E-state index contributed by atoms with van der Waals surface area (Å²) in [6.45, 7) is 1.70. The van der Waals surface area contributed by atoms with Crippen molar-refractivity contribution in [2.24, 2.45) is 5.92 Å². The molecule has 1 N–H and O–H groups in total. The predicted molar refractivity (Wildman–Crippen MR) is 49.0 cm³/mol. The van der Waals surface area contributed by atoms with E-state index in [1.807, 2.05) is 0 Å². The van der Waals surface area contributed by atoms with Gasteiger partial charge in [-0.2, -0.15) is 0 Å². The Morgan fingerprint density at radius 1 is 1.79 bits per heavy atom. The fourth-order valence-electron chi connectivity index (χ4n) is 1.52. The third-order valence-corrected chi connectivity index (χ3v) is 2.57. The summed E-state index contributed by atoms with van der Waals surface area (Å²) in [6, 6.07) is 0. The first-order valence-corrected chi connectivity index (χ1v) is 4.84. The van der Waals surface area contributed by atoms with Crippen LogP contribution in [0.4, 0.5) is 0 Å². The van der Waals surface area contributed by atoms with Crippen LogP contribution in [0.3, 0.4) is 0 Å². The minimum absolute atomic E-state index is 0.369. The second-order valence-corrected chi connectivity index (χ2v) is 3.93. The lowest BCUT2D eigenvalue weighted by Crippen LogP contribution is -2.12. The zero-order valence-corrected chi connectivity index (χ0v) is 8.06. The normalized spacial score (nSPS) is 18.1. The zero-order chi connectivity index (χ0) is 10.1. The zero-order valence-electron chi connectivity index (χ0n) is 8.06. The first kappa shape index (κ1) is 9.24. The highest BCUT2D eigenvalue weighted by atomic mass is 16.5. The lowest BCUT2D eigenvalue weighted by atomic mass is 10.0. The van der Waals surface area contributed by atoms with E-state index in [0.29, 0.717) is 12.3 Å². The molecule has 2 rings (SSSR count). The average molecular weight is 195 g/mol. The van der Waals surface area contributed by atoms with Crippen LogP contribution < -0.4 is 0 Å². The number of carboxylic acid groups (broad SMARTS) is 1. The predicted octanol–water partition coefficient (Wildman–Crippen LogP) is 1.82. The van der Waals surface area contributed by atoms with Gasteiger partial charge < -0.3 is 9.63 Å². The summed E-state index contributed by atoms with van der Waals surface area (Å²) in [6.07, 6.45) is 4.45.